The zero-order valence-corrected chi connectivity index (χ0v) is 14.1. The molecule has 0 spiro atoms. The summed E-state index contributed by atoms with van der Waals surface area (Å²) in [7, 11) is -3.75. The lowest BCUT2D eigenvalue weighted by molar-refractivity contribution is 0.600. The normalized spacial score (nSPS) is 11.1. The van der Waals surface area contributed by atoms with Crippen LogP contribution in [0, 0.1) is 6.92 Å². The topological polar surface area (TPSA) is 98.0 Å². The van der Waals surface area contributed by atoms with Crippen molar-refractivity contribution in [3.05, 3.63) is 46.3 Å². The number of rotatable bonds is 4. The first-order chi connectivity index (χ1) is 9.79. The fourth-order valence-corrected chi connectivity index (χ4v) is 3.21. The minimum atomic E-state index is -3.75. The van der Waals surface area contributed by atoms with Gasteiger partial charge in [-0.05, 0) is 40.5 Å². The second-order valence-corrected chi connectivity index (χ2v) is 7.08. The van der Waals surface area contributed by atoms with Gasteiger partial charge in [-0.25, -0.2) is 18.4 Å². The molecule has 2 aromatic rings. The van der Waals surface area contributed by atoms with Gasteiger partial charge in [-0.3, -0.25) is 4.72 Å². The maximum absolute atomic E-state index is 12.3. The van der Waals surface area contributed by atoms with Gasteiger partial charge >= 0.3 is 0 Å². The number of halogens is 1. The summed E-state index contributed by atoms with van der Waals surface area (Å²) in [5.74, 6) is 0.135. The van der Waals surface area contributed by atoms with Gasteiger partial charge in [-0.15, -0.1) is 0 Å². The summed E-state index contributed by atoms with van der Waals surface area (Å²) in [6, 6.07) is 4.65. The van der Waals surface area contributed by atoms with Crippen LogP contribution in [0.25, 0.3) is 0 Å². The molecule has 110 valence electrons. The van der Waals surface area contributed by atoms with Gasteiger partial charge in [0.1, 0.15) is 9.59 Å². The number of aromatic nitrogens is 2. The van der Waals surface area contributed by atoms with Crippen LogP contribution in [0.4, 0.5) is 5.82 Å². The average molecular weight is 387 g/mol. The Balaban J connectivity index is 2.35. The van der Waals surface area contributed by atoms with Gasteiger partial charge in [0.05, 0.1) is 17.3 Å². The molecule has 0 aliphatic carbocycles. The highest BCUT2D eigenvalue weighted by Crippen LogP contribution is 2.19. The molecule has 0 saturated heterocycles. The van der Waals surface area contributed by atoms with Crippen molar-refractivity contribution < 1.29 is 8.42 Å². The average Bonchev–Trinajstić information content (AvgIpc) is 2.40. The van der Waals surface area contributed by atoms with Gasteiger partial charge in [-0.1, -0.05) is 18.3 Å². The zero-order valence-electron chi connectivity index (χ0n) is 10.9. The SMILES string of the molecule is Cc1cc(C(N)=S)ccc1S(=O)(=O)Nc1cnc(Br)cn1. The molecule has 0 unspecified atom stereocenters. The van der Waals surface area contributed by atoms with Crippen LogP contribution >= 0.6 is 28.1 Å². The number of nitrogens with zero attached hydrogens (tertiary/aromatic N) is 2. The Hall–Kier alpha value is -1.58. The Bertz CT molecular complexity index is 791. The number of nitrogens with two attached hydrogens (primary N) is 1. The smallest absolute Gasteiger partial charge is 0.263 e. The Kier molecular flexibility index (Phi) is 4.55. The van der Waals surface area contributed by atoms with Gasteiger partial charge < -0.3 is 5.73 Å². The third-order valence-corrected chi connectivity index (χ3v) is 4.77. The number of hydrogen-bond donors (Lipinski definition) is 2. The summed E-state index contributed by atoms with van der Waals surface area (Å²) >= 11 is 7.99. The second-order valence-electron chi connectivity index (χ2n) is 4.17. The first-order valence-corrected chi connectivity index (χ1v) is 8.39. The van der Waals surface area contributed by atoms with E-state index in [0.29, 0.717) is 15.7 Å². The quantitative estimate of drug-likeness (QED) is 0.779. The molecule has 21 heavy (non-hydrogen) atoms. The third kappa shape index (κ3) is 3.74. The van der Waals surface area contributed by atoms with Gasteiger partial charge in [0.2, 0.25) is 0 Å². The highest BCUT2D eigenvalue weighted by atomic mass is 79.9. The molecule has 2 rings (SSSR count). The van der Waals surface area contributed by atoms with Crippen LogP contribution in [0.15, 0.2) is 40.1 Å². The first kappa shape index (κ1) is 15.8. The maximum Gasteiger partial charge on any atom is 0.263 e. The molecule has 0 bridgehead atoms. The fourth-order valence-electron chi connectivity index (χ4n) is 1.66. The second kappa shape index (κ2) is 6.04. The van der Waals surface area contributed by atoms with E-state index < -0.39 is 10.0 Å². The molecular formula is C12H11BrN4O2S2. The third-order valence-electron chi connectivity index (χ3n) is 2.61. The van der Waals surface area contributed by atoms with Crippen molar-refractivity contribution in [1.82, 2.24) is 9.97 Å². The largest absolute Gasteiger partial charge is 0.389 e. The van der Waals surface area contributed by atoms with Gasteiger partial charge in [0.15, 0.2) is 5.82 Å². The summed E-state index contributed by atoms with van der Waals surface area (Å²) in [6.07, 6.45) is 2.72. The van der Waals surface area contributed by atoms with E-state index in [1.807, 2.05) is 0 Å². The summed E-state index contributed by atoms with van der Waals surface area (Å²) < 4.78 is 27.5. The van der Waals surface area contributed by atoms with Gasteiger partial charge in [0, 0.05) is 5.56 Å². The maximum atomic E-state index is 12.3. The van der Waals surface area contributed by atoms with Crippen molar-refractivity contribution in [2.24, 2.45) is 5.73 Å². The molecule has 0 aliphatic heterocycles. The van der Waals surface area contributed by atoms with Crippen LogP contribution in [0.3, 0.4) is 0 Å². The van der Waals surface area contributed by atoms with Crippen LogP contribution in [0.1, 0.15) is 11.1 Å². The molecule has 0 aliphatic rings. The Morgan fingerprint density at radius 2 is 2.05 bits per heavy atom. The van der Waals surface area contributed by atoms with E-state index in [9.17, 15) is 8.42 Å². The number of aryl methyl sites for hydroxylation is 1. The van der Waals surface area contributed by atoms with E-state index >= 15 is 0 Å². The number of thiocarbonyl (C=S) groups is 1. The van der Waals surface area contributed by atoms with E-state index in [1.54, 1.807) is 19.1 Å². The summed E-state index contributed by atoms with van der Waals surface area (Å²) in [6.45, 7) is 1.67. The standard InChI is InChI=1S/C12H11BrN4O2S2/c1-7-4-8(12(14)20)2-3-9(7)21(18,19)17-11-6-15-10(13)5-16-11/h2-6H,1H3,(H2,14,20)(H,16,17). The first-order valence-electron chi connectivity index (χ1n) is 5.70. The van der Waals surface area contributed by atoms with E-state index in [4.69, 9.17) is 18.0 Å². The molecule has 1 heterocycles. The minimum Gasteiger partial charge on any atom is -0.389 e. The number of hydrogen-bond acceptors (Lipinski definition) is 5. The number of nitrogens with one attached hydrogen (secondary N) is 1. The Labute approximate surface area is 136 Å². The van der Waals surface area contributed by atoms with E-state index in [-0.39, 0.29) is 15.7 Å². The molecule has 0 saturated carbocycles. The predicted octanol–water partition coefficient (Wildman–Crippen LogP) is 1.98. The minimum absolute atomic E-state index is 0.132. The van der Waals surface area contributed by atoms with Crippen molar-refractivity contribution in [3.8, 4) is 0 Å². The molecule has 0 radical (unpaired) electrons. The monoisotopic (exact) mass is 386 g/mol. The molecule has 0 atom stereocenters. The lowest BCUT2D eigenvalue weighted by Crippen LogP contribution is -2.16. The van der Waals surface area contributed by atoms with Crippen LogP contribution in [0.2, 0.25) is 0 Å². The summed E-state index contributed by atoms with van der Waals surface area (Å²) in [5, 5.41) is 0. The molecule has 0 amide bonds. The van der Waals surface area contributed by atoms with Crippen molar-refractivity contribution in [2.45, 2.75) is 11.8 Å². The summed E-state index contributed by atoms with van der Waals surface area (Å²) in [5.41, 5.74) is 6.68. The number of benzene rings is 1. The predicted molar refractivity (Wildman–Crippen MR) is 87.6 cm³/mol. The van der Waals surface area contributed by atoms with Crippen LogP contribution < -0.4 is 10.5 Å². The Morgan fingerprint density at radius 3 is 2.57 bits per heavy atom. The lowest BCUT2D eigenvalue weighted by atomic mass is 10.1. The molecule has 1 aromatic carbocycles. The molecule has 3 N–H and O–H groups in total. The van der Waals surface area contributed by atoms with Crippen molar-refractivity contribution in [1.29, 1.82) is 0 Å². The zero-order chi connectivity index (χ0) is 15.6. The summed E-state index contributed by atoms with van der Waals surface area (Å²) in [4.78, 5) is 8.18. The van der Waals surface area contributed by atoms with Crippen molar-refractivity contribution in [2.75, 3.05) is 4.72 Å². The molecule has 9 heteroatoms. The Morgan fingerprint density at radius 1 is 1.33 bits per heavy atom. The number of sulfonamides is 1. The van der Waals surface area contributed by atoms with E-state index in [0.717, 1.165) is 0 Å². The van der Waals surface area contributed by atoms with Crippen molar-refractivity contribution in [3.63, 3.8) is 0 Å². The van der Waals surface area contributed by atoms with Crippen molar-refractivity contribution >= 4 is 49.0 Å². The molecular weight excluding hydrogens is 376 g/mol. The van der Waals surface area contributed by atoms with E-state index in [2.05, 4.69) is 30.6 Å². The van der Waals surface area contributed by atoms with Crippen LogP contribution in [0.5, 0.6) is 0 Å². The number of anilines is 1. The molecule has 1 aromatic heterocycles. The van der Waals surface area contributed by atoms with Crippen LogP contribution in [-0.2, 0) is 10.0 Å². The lowest BCUT2D eigenvalue weighted by Gasteiger charge is -2.10. The van der Waals surface area contributed by atoms with Gasteiger partial charge in [0.25, 0.3) is 10.0 Å². The van der Waals surface area contributed by atoms with Crippen LogP contribution in [-0.4, -0.2) is 23.4 Å². The molecule has 6 nitrogen and oxygen atoms in total. The fraction of sp³-hybridized carbons (Fsp3) is 0.0833. The van der Waals surface area contributed by atoms with Gasteiger partial charge in [-0.2, -0.15) is 0 Å². The van der Waals surface area contributed by atoms with E-state index in [1.165, 1.54) is 18.5 Å². The highest BCUT2D eigenvalue weighted by molar-refractivity contribution is 9.10. The highest BCUT2D eigenvalue weighted by Gasteiger charge is 2.18. The molecule has 0 fully saturated rings.